The van der Waals surface area contributed by atoms with Gasteiger partial charge in [0.05, 0.1) is 42.8 Å². The molecule has 0 amide bonds. The van der Waals surface area contributed by atoms with Gasteiger partial charge in [-0.1, -0.05) is 0 Å². The number of aromatic amines is 1. The maximum Gasteiger partial charge on any atom is 0.131 e. The second kappa shape index (κ2) is 3.75. The molecule has 84 valence electrons. The van der Waals surface area contributed by atoms with Gasteiger partial charge in [0.1, 0.15) is 5.82 Å². The normalized spacial score (nSPS) is 21.6. The molecule has 5 nitrogen and oxygen atoms in total. The maximum absolute atomic E-state index is 5.41. The van der Waals surface area contributed by atoms with Crippen molar-refractivity contribution in [1.82, 2.24) is 15.0 Å². The van der Waals surface area contributed by atoms with Gasteiger partial charge >= 0.3 is 0 Å². The Balaban J connectivity index is 1.97. The van der Waals surface area contributed by atoms with Crippen molar-refractivity contribution in [2.45, 2.75) is 13.0 Å². The van der Waals surface area contributed by atoms with Crippen LogP contribution in [0.15, 0.2) is 18.6 Å². The third kappa shape index (κ3) is 1.53. The minimum atomic E-state index is 0.373. The third-order valence-corrected chi connectivity index (χ3v) is 2.95. The molecule has 1 aliphatic rings. The van der Waals surface area contributed by atoms with Crippen LogP contribution in [0.3, 0.4) is 0 Å². The summed E-state index contributed by atoms with van der Waals surface area (Å²) < 4.78 is 5.41. The Morgan fingerprint density at radius 2 is 2.44 bits per heavy atom. The molecular formula is C11H14N4O. The van der Waals surface area contributed by atoms with Gasteiger partial charge in [0.25, 0.3) is 0 Å². The highest BCUT2D eigenvalue weighted by Crippen LogP contribution is 2.20. The van der Waals surface area contributed by atoms with E-state index in [4.69, 9.17) is 4.74 Å². The first-order valence-electron chi connectivity index (χ1n) is 5.48. The second-order valence-corrected chi connectivity index (χ2v) is 4.08. The van der Waals surface area contributed by atoms with Crippen LogP contribution < -0.4 is 4.90 Å². The molecule has 0 saturated carbocycles. The van der Waals surface area contributed by atoms with E-state index in [1.165, 1.54) is 0 Å². The molecule has 1 fully saturated rings. The summed E-state index contributed by atoms with van der Waals surface area (Å²) in [5, 5.41) is 0. The number of aromatic nitrogens is 3. The number of ether oxygens (including phenoxy) is 1. The van der Waals surface area contributed by atoms with E-state index in [2.05, 4.69) is 26.8 Å². The predicted molar refractivity (Wildman–Crippen MR) is 61.5 cm³/mol. The largest absolute Gasteiger partial charge is 0.377 e. The van der Waals surface area contributed by atoms with Crippen molar-refractivity contribution in [2.75, 3.05) is 24.7 Å². The summed E-state index contributed by atoms with van der Waals surface area (Å²) >= 11 is 0. The van der Waals surface area contributed by atoms with Gasteiger partial charge in [-0.15, -0.1) is 0 Å². The van der Waals surface area contributed by atoms with Crippen LogP contribution in [0.4, 0.5) is 5.82 Å². The lowest BCUT2D eigenvalue weighted by atomic mass is 10.2. The average Bonchev–Trinajstić information content (AvgIpc) is 2.76. The molecule has 16 heavy (non-hydrogen) atoms. The molecule has 3 rings (SSSR count). The van der Waals surface area contributed by atoms with E-state index >= 15 is 0 Å². The van der Waals surface area contributed by atoms with Crippen LogP contribution >= 0.6 is 0 Å². The monoisotopic (exact) mass is 218 g/mol. The summed E-state index contributed by atoms with van der Waals surface area (Å²) in [4.78, 5) is 14.0. The summed E-state index contributed by atoms with van der Waals surface area (Å²) in [6, 6.07) is 2.39. The van der Waals surface area contributed by atoms with Gasteiger partial charge in [0, 0.05) is 12.6 Å². The van der Waals surface area contributed by atoms with E-state index in [0.717, 1.165) is 36.6 Å². The van der Waals surface area contributed by atoms with Gasteiger partial charge in [-0.2, -0.15) is 0 Å². The lowest BCUT2D eigenvalue weighted by molar-refractivity contribution is 0.0985. The summed E-state index contributed by atoms with van der Waals surface area (Å²) in [7, 11) is 0. The summed E-state index contributed by atoms with van der Waals surface area (Å²) in [6.45, 7) is 4.57. The molecule has 1 atom stereocenters. The Labute approximate surface area is 93.5 Å². The molecule has 2 aromatic heterocycles. The predicted octanol–water partition coefficient (Wildman–Crippen LogP) is 1.18. The molecule has 0 spiro atoms. The molecule has 0 bridgehead atoms. The maximum atomic E-state index is 5.41. The van der Waals surface area contributed by atoms with Gasteiger partial charge in [-0.3, -0.25) is 0 Å². The van der Waals surface area contributed by atoms with Crippen LogP contribution in [0, 0.1) is 0 Å². The highest BCUT2D eigenvalue weighted by Gasteiger charge is 2.20. The zero-order chi connectivity index (χ0) is 11.0. The van der Waals surface area contributed by atoms with Crippen molar-refractivity contribution in [3.05, 3.63) is 18.6 Å². The molecule has 0 radical (unpaired) electrons. The fraction of sp³-hybridized carbons (Fsp3) is 0.455. The van der Waals surface area contributed by atoms with Crippen molar-refractivity contribution >= 4 is 16.9 Å². The van der Waals surface area contributed by atoms with E-state index in [1.54, 1.807) is 6.33 Å². The summed E-state index contributed by atoms with van der Waals surface area (Å²) in [5.74, 6) is 0.982. The minimum Gasteiger partial charge on any atom is -0.377 e. The number of nitrogens with zero attached hydrogens (tertiary/aromatic N) is 3. The van der Waals surface area contributed by atoms with E-state index in [9.17, 15) is 0 Å². The molecule has 2 aromatic rings. The Morgan fingerprint density at radius 3 is 3.31 bits per heavy atom. The van der Waals surface area contributed by atoms with Crippen LogP contribution in [0.5, 0.6) is 0 Å². The molecule has 3 heterocycles. The quantitative estimate of drug-likeness (QED) is 0.781. The van der Waals surface area contributed by atoms with Crippen LogP contribution in [0.25, 0.3) is 11.0 Å². The third-order valence-electron chi connectivity index (χ3n) is 2.95. The molecular weight excluding hydrogens is 204 g/mol. The van der Waals surface area contributed by atoms with Gasteiger partial charge in [0.2, 0.25) is 0 Å². The number of anilines is 1. The summed E-state index contributed by atoms with van der Waals surface area (Å²) in [5.41, 5.74) is 1.94. The number of fused-ring (bicyclic) bond motifs is 1. The van der Waals surface area contributed by atoms with Crippen molar-refractivity contribution in [1.29, 1.82) is 0 Å². The Kier molecular flexibility index (Phi) is 2.25. The van der Waals surface area contributed by atoms with Crippen molar-refractivity contribution in [3.63, 3.8) is 0 Å². The number of pyridine rings is 1. The first-order valence-corrected chi connectivity index (χ1v) is 5.48. The van der Waals surface area contributed by atoms with Crippen molar-refractivity contribution in [3.8, 4) is 0 Å². The fourth-order valence-electron chi connectivity index (χ4n) is 2.05. The first-order chi connectivity index (χ1) is 7.84. The smallest absolute Gasteiger partial charge is 0.131 e. The van der Waals surface area contributed by atoms with E-state index in [0.29, 0.717) is 6.04 Å². The molecule has 1 N–H and O–H groups in total. The Morgan fingerprint density at radius 1 is 1.50 bits per heavy atom. The van der Waals surface area contributed by atoms with Gasteiger partial charge in [-0.25, -0.2) is 9.97 Å². The number of H-pyrrole nitrogens is 1. The SMILES string of the molecule is C[C@H]1COCCN1c1cc2nc[nH]c2cn1. The van der Waals surface area contributed by atoms with Crippen molar-refractivity contribution < 1.29 is 4.74 Å². The van der Waals surface area contributed by atoms with Crippen LogP contribution in [-0.2, 0) is 4.74 Å². The molecule has 5 heteroatoms. The molecule has 0 unspecified atom stereocenters. The topological polar surface area (TPSA) is 54.0 Å². The number of hydrogen-bond donors (Lipinski definition) is 1. The zero-order valence-corrected chi connectivity index (χ0v) is 9.18. The molecule has 1 saturated heterocycles. The number of hydrogen-bond acceptors (Lipinski definition) is 4. The Bertz CT molecular complexity index is 495. The Hall–Kier alpha value is -1.62. The van der Waals surface area contributed by atoms with Gasteiger partial charge in [-0.05, 0) is 6.92 Å². The second-order valence-electron chi connectivity index (χ2n) is 4.08. The zero-order valence-electron chi connectivity index (χ0n) is 9.18. The molecule has 0 aliphatic carbocycles. The number of imidazole rings is 1. The lowest BCUT2D eigenvalue weighted by Crippen LogP contribution is -2.44. The first kappa shape index (κ1) is 9.59. The lowest BCUT2D eigenvalue weighted by Gasteiger charge is -2.34. The average molecular weight is 218 g/mol. The van der Waals surface area contributed by atoms with E-state index in [1.807, 2.05) is 12.3 Å². The van der Waals surface area contributed by atoms with E-state index < -0.39 is 0 Å². The molecule has 1 aliphatic heterocycles. The highest BCUT2D eigenvalue weighted by atomic mass is 16.5. The molecule has 0 aromatic carbocycles. The van der Waals surface area contributed by atoms with Crippen LogP contribution in [0.2, 0.25) is 0 Å². The van der Waals surface area contributed by atoms with Crippen LogP contribution in [-0.4, -0.2) is 40.8 Å². The number of nitrogens with one attached hydrogen (secondary N) is 1. The number of rotatable bonds is 1. The van der Waals surface area contributed by atoms with Gasteiger partial charge < -0.3 is 14.6 Å². The number of morpholine rings is 1. The van der Waals surface area contributed by atoms with Crippen LogP contribution in [0.1, 0.15) is 6.92 Å². The van der Waals surface area contributed by atoms with E-state index in [-0.39, 0.29) is 0 Å². The standard InChI is InChI=1S/C11H14N4O/c1-8-6-16-3-2-15(8)11-4-9-10(5-12-11)14-7-13-9/h4-5,7-8H,2-3,6H2,1H3,(H,13,14)/t8-/m0/s1. The van der Waals surface area contributed by atoms with Gasteiger partial charge in [0.15, 0.2) is 0 Å². The summed E-state index contributed by atoms with van der Waals surface area (Å²) in [6.07, 6.45) is 3.53. The minimum absolute atomic E-state index is 0.373. The fourth-order valence-corrected chi connectivity index (χ4v) is 2.05. The highest BCUT2D eigenvalue weighted by molar-refractivity contribution is 5.76. The van der Waals surface area contributed by atoms with Crippen molar-refractivity contribution in [2.24, 2.45) is 0 Å².